The predicted octanol–water partition coefficient (Wildman–Crippen LogP) is 1.39. The second-order valence-electron chi connectivity index (χ2n) is 4.18. The number of aryl methyl sites for hydroxylation is 1. The highest BCUT2D eigenvalue weighted by Crippen LogP contribution is 2.19. The van der Waals surface area contributed by atoms with E-state index >= 15 is 0 Å². The van der Waals surface area contributed by atoms with Crippen LogP contribution in [0.2, 0.25) is 0 Å². The molecule has 0 saturated heterocycles. The second kappa shape index (κ2) is 6.55. The minimum atomic E-state index is -3.57. The van der Waals surface area contributed by atoms with Gasteiger partial charge in [-0.25, -0.2) is 8.42 Å². The Bertz CT molecular complexity index is 523. The molecule has 0 amide bonds. The summed E-state index contributed by atoms with van der Waals surface area (Å²) in [4.78, 5) is 10.6. The molecule has 0 fully saturated rings. The van der Waals surface area contributed by atoms with E-state index in [-0.39, 0.29) is 24.5 Å². The molecule has 0 aliphatic heterocycles. The van der Waals surface area contributed by atoms with Crippen LogP contribution in [0.4, 0.5) is 5.82 Å². The SMILES string of the molecule is CCCCS(=O)(=O)N(CCC(=O)O)c1cc(C)on1. The topological polar surface area (TPSA) is 101 Å². The van der Waals surface area contributed by atoms with Gasteiger partial charge in [-0.1, -0.05) is 18.5 Å². The lowest BCUT2D eigenvalue weighted by Crippen LogP contribution is -2.35. The predicted molar refractivity (Wildman–Crippen MR) is 69.5 cm³/mol. The fourth-order valence-electron chi connectivity index (χ4n) is 1.50. The molecule has 108 valence electrons. The zero-order valence-electron chi connectivity index (χ0n) is 11.0. The molecule has 0 radical (unpaired) electrons. The maximum Gasteiger partial charge on any atom is 0.305 e. The summed E-state index contributed by atoms with van der Waals surface area (Å²) < 4.78 is 30.2. The Morgan fingerprint density at radius 1 is 1.53 bits per heavy atom. The molecule has 0 aromatic carbocycles. The van der Waals surface area contributed by atoms with E-state index in [2.05, 4.69) is 5.16 Å². The van der Waals surface area contributed by atoms with Crippen molar-refractivity contribution >= 4 is 21.8 Å². The molecule has 0 unspecified atom stereocenters. The lowest BCUT2D eigenvalue weighted by Gasteiger charge is -2.20. The van der Waals surface area contributed by atoms with E-state index in [0.29, 0.717) is 12.2 Å². The van der Waals surface area contributed by atoms with E-state index < -0.39 is 16.0 Å². The van der Waals surface area contributed by atoms with Gasteiger partial charge in [0.15, 0.2) is 5.82 Å². The number of rotatable bonds is 8. The summed E-state index contributed by atoms with van der Waals surface area (Å²) >= 11 is 0. The van der Waals surface area contributed by atoms with Gasteiger partial charge in [-0.15, -0.1) is 0 Å². The zero-order valence-corrected chi connectivity index (χ0v) is 11.8. The molecule has 0 aliphatic rings. The van der Waals surface area contributed by atoms with Gasteiger partial charge < -0.3 is 9.63 Å². The lowest BCUT2D eigenvalue weighted by atomic mass is 10.4. The van der Waals surface area contributed by atoms with Crippen molar-refractivity contribution in [2.24, 2.45) is 0 Å². The number of anilines is 1. The van der Waals surface area contributed by atoms with Gasteiger partial charge >= 0.3 is 5.97 Å². The average molecular weight is 290 g/mol. The number of unbranched alkanes of at least 4 members (excludes halogenated alkanes) is 1. The summed E-state index contributed by atoms with van der Waals surface area (Å²) in [5.74, 6) is -0.485. The number of carbonyl (C=O) groups is 1. The summed E-state index contributed by atoms with van der Waals surface area (Å²) in [5, 5.41) is 12.3. The van der Waals surface area contributed by atoms with Crippen LogP contribution in [-0.4, -0.2) is 36.9 Å². The first-order valence-electron chi connectivity index (χ1n) is 6.02. The second-order valence-corrected chi connectivity index (χ2v) is 6.19. The largest absolute Gasteiger partial charge is 0.481 e. The third-order valence-electron chi connectivity index (χ3n) is 2.49. The Hall–Kier alpha value is -1.57. The number of aromatic nitrogens is 1. The van der Waals surface area contributed by atoms with Gasteiger partial charge in [0.2, 0.25) is 10.0 Å². The maximum atomic E-state index is 12.2. The van der Waals surface area contributed by atoms with Crippen molar-refractivity contribution in [2.45, 2.75) is 33.1 Å². The minimum absolute atomic E-state index is 0.0327. The van der Waals surface area contributed by atoms with Crippen LogP contribution in [0.15, 0.2) is 10.6 Å². The monoisotopic (exact) mass is 290 g/mol. The third-order valence-corrected chi connectivity index (χ3v) is 4.34. The Morgan fingerprint density at radius 2 is 2.21 bits per heavy atom. The number of hydrogen-bond donors (Lipinski definition) is 1. The standard InChI is InChI=1S/C11H18N2O5S/c1-3-4-7-19(16,17)13(6-5-11(14)15)10-8-9(2)18-12-10/h8H,3-7H2,1-2H3,(H,14,15). The summed E-state index contributed by atoms with van der Waals surface area (Å²) in [6.45, 7) is 3.38. The van der Waals surface area contributed by atoms with E-state index in [1.807, 2.05) is 6.92 Å². The van der Waals surface area contributed by atoms with E-state index in [0.717, 1.165) is 10.7 Å². The smallest absolute Gasteiger partial charge is 0.305 e. The third kappa shape index (κ3) is 4.55. The van der Waals surface area contributed by atoms with E-state index in [4.69, 9.17) is 9.63 Å². The summed E-state index contributed by atoms with van der Waals surface area (Å²) in [5.41, 5.74) is 0. The lowest BCUT2D eigenvalue weighted by molar-refractivity contribution is -0.136. The van der Waals surface area contributed by atoms with Gasteiger partial charge in [0, 0.05) is 12.6 Å². The molecule has 1 aromatic rings. The van der Waals surface area contributed by atoms with Crippen LogP contribution < -0.4 is 4.31 Å². The maximum absolute atomic E-state index is 12.2. The van der Waals surface area contributed by atoms with Crippen LogP contribution in [0.25, 0.3) is 0 Å². The number of carboxylic acid groups (broad SMARTS) is 1. The van der Waals surface area contributed by atoms with Crippen LogP contribution in [0.1, 0.15) is 31.9 Å². The number of carboxylic acids is 1. The fourth-order valence-corrected chi connectivity index (χ4v) is 3.12. The van der Waals surface area contributed by atoms with Crippen molar-refractivity contribution in [2.75, 3.05) is 16.6 Å². The van der Waals surface area contributed by atoms with Gasteiger partial charge in [0.05, 0.1) is 12.2 Å². The van der Waals surface area contributed by atoms with Gasteiger partial charge in [-0.2, -0.15) is 0 Å². The number of sulfonamides is 1. The first-order chi connectivity index (χ1) is 8.86. The van der Waals surface area contributed by atoms with Crippen molar-refractivity contribution in [1.29, 1.82) is 0 Å². The van der Waals surface area contributed by atoms with Crippen LogP contribution in [0.3, 0.4) is 0 Å². The zero-order chi connectivity index (χ0) is 14.5. The average Bonchev–Trinajstić information content (AvgIpc) is 2.72. The molecule has 1 rings (SSSR count). The molecular weight excluding hydrogens is 272 g/mol. The molecule has 8 heteroatoms. The normalized spacial score (nSPS) is 11.5. The first kappa shape index (κ1) is 15.5. The van der Waals surface area contributed by atoms with Gasteiger partial charge in [-0.3, -0.25) is 9.10 Å². The van der Waals surface area contributed by atoms with Crippen molar-refractivity contribution < 1.29 is 22.8 Å². The number of hydrogen-bond acceptors (Lipinski definition) is 5. The molecule has 1 N–H and O–H groups in total. The van der Waals surface area contributed by atoms with E-state index in [1.165, 1.54) is 6.07 Å². The Morgan fingerprint density at radius 3 is 2.68 bits per heavy atom. The molecule has 0 atom stereocenters. The molecular formula is C11H18N2O5S. The van der Waals surface area contributed by atoms with Gasteiger partial charge in [-0.05, 0) is 13.3 Å². The highest BCUT2D eigenvalue weighted by atomic mass is 32.2. The van der Waals surface area contributed by atoms with Crippen LogP contribution in [-0.2, 0) is 14.8 Å². The Kier molecular flexibility index (Phi) is 5.34. The molecule has 0 bridgehead atoms. The van der Waals surface area contributed by atoms with Gasteiger partial charge in [0.25, 0.3) is 0 Å². The quantitative estimate of drug-likeness (QED) is 0.776. The van der Waals surface area contributed by atoms with Crippen molar-refractivity contribution in [1.82, 2.24) is 5.16 Å². The minimum Gasteiger partial charge on any atom is -0.481 e. The Balaban J connectivity index is 2.95. The van der Waals surface area contributed by atoms with E-state index in [9.17, 15) is 13.2 Å². The highest BCUT2D eigenvalue weighted by molar-refractivity contribution is 7.92. The first-order valence-corrected chi connectivity index (χ1v) is 7.63. The van der Waals surface area contributed by atoms with Crippen molar-refractivity contribution in [3.8, 4) is 0 Å². The summed E-state index contributed by atoms with van der Waals surface area (Å²) in [6.07, 6.45) is 0.976. The van der Waals surface area contributed by atoms with E-state index in [1.54, 1.807) is 6.92 Å². The van der Waals surface area contributed by atoms with Crippen molar-refractivity contribution in [3.05, 3.63) is 11.8 Å². The van der Waals surface area contributed by atoms with Crippen molar-refractivity contribution in [3.63, 3.8) is 0 Å². The molecule has 0 saturated carbocycles. The molecule has 0 aliphatic carbocycles. The van der Waals surface area contributed by atoms with Crippen LogP contribution >= 0.6 is 0 Å². The van der Waals surface area contributed by atoms with Crippen LogP contribution in [0.5, 0.6) is 0 Å². The summed E-state index contributed by atoms with van der Waals surface area (Å²) in [6, 6.07) is 1.48. The molecule has 19 heavy (non-hydrogen) atoms. The summed E-state index contributed by atoms with van der Waals surface area (Å²) in [7, 11) is -3.57. The Labute approximate surface area is 112 Å². The molecule has 0 spiro atoms. The van der Waals surface area contributed by atoms with Gasteiger partial charge in [0.1, 0.15) is 5.76 Å². The van der Waals surface area contributed by atoms with Crippen LogP contribution in [0, 0.1) is 6.92 Å². The number of nitrogens with zero attached hydrogens (tertiary/aromatic N) is 2. The molecule has 7 nitrogen and oxygen atoms in total. The highest BCUT2D eigenvalue weighted by Gasteiger charge is 2.25. The molecule has 1 heterocycles. The molecule has 1 aromatic heterocycles. The number of aliphatic carboxylic acids is 1. The fraction of sp³-hybridized carbons (Fsp3) is 0.636.